The molecule has 0 bridgehead atoms. The molecule has 0 spiro atoms. The Morgan fingerprint density at radius 3 is 2.38 bits per heavy atom. The summed E-state index contributed by atoms with van der Waals surface area (Å²) in [5, 5.41) is 0. The molecule has 0 fully saturated rings. The molecule has 1 radical (unpaired) electrons. The Hall–Kier alpha value is -0.770. The molecule has 71 valence electrons. The first-order valence-corrected chi connectivity index (χ1v) is 3.82. The monoisotopic (exact) mass is 211 g/mol. The molecule has 0 aromatic heterocycles. The van der Waals surface area contributed by atoms with Crippen LogP contribution in [0.4, 0.5) is 17.6 Å². The molecule has 0 saturated carbocycles. The Kier molecular flexibility index (Phi) is 2.81. The van der Waals surface area contributed by atoms with Crippen molar-refractivity contribution >= 4 is 11.6 Å². The van der Waals surface area contributed by atoms with Crippen LogP contribution in [0.15, 0.2) is 12.1 Å². The average molecular weight is 212 g/mol. The van der Waals surface area contributed by atoms with Gasteiger partial charge in [0.1, 0.15) is 5.82 Å². The van der Waals surface area contributed by atoms with Gasteiger partial charge < -0.3 is 0 Å². The number of halogens is 5. The van der Waals surface area contributed by atoms with Gasteiger partial charge in [0.2, 0.25) is 0 Å². The van der Waals surface area contributed by atoms with E-state index in [-0.39, 0.29) is 0 Å². The van der Waals surface area contributed by atoms with Gasteiger partial charge in [0, 0.05) is 5.56 Å². The third-order valence-electron chi connectivity index (χ3n) is 1.46. The van der Waals surface area contributed by atoms with E-state index in [1.165, 1.54) is 0 Å². The van der Waals surface area contributed by atoms with Gasteiger partial charge in [-0.15, -0.1) is 11.6 Å². The van der Waals surface area contributed by atoms with Crippen LogP contribution in [0, 0.1) is 11.9 Å². The van der Waals surface area contributed by atoms with Crippen LogP contribution < -0.4 is 0 Å². The minimum atomic E-state index is -4.60. The zero-order valence-corrected chi connectivity index (χ0v) is 7.01. The molecule has 0 saturated heterocycles. The van der Waals surface area contributed by atoms with E-state index < -0.39 is 29.0 Å². The van der Waals surface area contributed by atoms with Crippen molar-refractivity contribution in [3.8, 4) is 0 Å². The summed E-state index contributed by atoms with van der Waals surface area (Å²) in [7, 11) is 0. The first kappa shape index (κ1) is 10.3. The third kappa shape index (κ3) is 2.12. The molecular weight excluding hydrogens is 208 g/mol. The molecule has 0 aliphatic rings. The fourth-order valence-corrected chi connectivity index (χ4v) is 1.15. The largest absolute Gasteiger partial charge is 0.417 e. The minimum absolute atomic E-state index is 0.516. The Balaban J connectivity index is 3.29. The zero-order chi connectivity index (χ0) is 10.1. The average Bonchev–Trinajstić information content (AvgIpc) is 2.02. The van der Waals surface area contributed by atoms with Gasteiger partial charge >= 0.3 is 6.18 Å². The maximum atomic E-state index is 12.8. The summed E-state index contributed by atoms with van der Waals surface area (Å²) in [6.45, 7) is 0. The van der Waals surface area contributed by atoms with Crippen LogP contribution in [0.3, 0.4) is 0 Å². The SMILES string of the molecule is Fc1cc[c]c(C(F)(F)F)c1CCl. The highest BCUT2D eigenvalue weighted by atomic mass is 35.5. The van der Waals surface area contributed by atoms with Crippen molar-refractivity contribution < 1.29 is 17.6 Å². The van der Waals surface area contributed by atoms with Crippen molar-refractivity contribution in [2.45, 2.75) is 12.1 Å². The summed E-state index contributed by atoms with van der Waals surface area (Å²) in [6.07, 6.45) is -4.60. The lowest BCUT2D eigenvalue weighted by molar-refractivity contribution is -0.138. The van der Waals surface area contributed by atoms with E-state index in [0.29, 0.717) is 0 Å². The van der Waals surface area contributed by atoms with Crippen LogP contribution in [0.25, 0.3) is 0 Å². The molecule has 0 nitrogen and oxygen atoms in total. The second kappa shape index (κ2) is 3.54. The summed E-state index contributed by atoms with van der Waals surface area (Å²) >= 11 is 5.18. The number of benzene rings is 1. The summed E-state index contributed by atoms with van der Waals surface area (Å²) in [6, 6.07) is 3.70. The Bertz CT molecular complexity index is 306. The van der Waals surface area contributed by atoms with E-state index in [1.54, 1.807) is 0 Å². The van der Waals surface area contributed by atoms with Crippen molar-refractivity contribution in [3.63, 3.8) is 0 Å². The molecule has 1 aromatic carbocycles. The summed E-state index contributed by atoms with van der Waals surface area (Å²) in [4.78, 5) is 0. The topological polar surface area (TPSA) is 0 Å². The van der Waals surface area contributed by atoms with Crippen LogP contribution in [-0.4, -0.2) is 0 Å². The van der Waals surface area contributed by atoms with Gasteiger partial charge in [0.25, 0.3) is 0 Å². The maximum absolute atomic E-state index is 12.8. The van der Waals surface area contributed by atoms with Crippen LogP contribution >= 0.6 is 11.6 Å². The van der Waals surface area contributed by atoms with Gasteiger partial charge in [-0.2, -0.15) is 13.2 Å². The highest BCUT2D eigenvalue weighted by Gasteiger charge is 2.34. The Morgan fingerprint density at radius 1 is 1.38 bits per heavy atom. The first-order valence-electron chi connectivity index (χ1n) is 3.29. The zero-order valence-electron chi connectivity index (χ0n) is 6.25. The van der Waals surface area contributed by atoms with E-state index in [4.69, 9.17) is 11.6 Å². The summed E-state index contributed by atoms with van der Waals surface area (Å²) in [5.41, 5.74) is -1.70. The molecule has 0 aliphatic heterocycles. The van der Waals surface area contributed by atoms with Gasteiger partial charge in [-0.3, -0.25) is 0 Å². The van der Waals surface area contributed by atoms with E-state index >= 15 is 0 Å². The van der Waals surface area contributed by atoms with Gasteiger partial charge in [-0.05, 0) is 12.1 Å². The van der Waals surface area contributed by atoms with Gasteiger partial charge in [-0.25, -0.2) is 4.39 Å². The molecule has 0 aliphatic carbocycles. The van der Waals surface area contributed by atoms with E-state index in [9.17, 15) is 17.6 Å². The number of hydrogen-bond donors (Lipinski definition) is 0. The Labute approximate surface area is 77.1 Å². The lowest BCUT2D eigenvalue weighted by Crippen LogP contribution is -2.10. The molecular formula is C8H4ClF4. The minimum Gasteiger partial charge on any atom is -0.207 e. The van der Waals surface area contributed by atoms with Crippen molar-refractivity contribution in [2.24, 2.45) is 0 Å². The molecule has 1 rings (SSSR count). The smallest absolute Gasteiger partial charge is 0.207 e. The highest BCUT2D eigenvalue weighted by Crippen LogP contribution is 2.33. The van der Waals surface area contributed by atoms with Crippen molar-refractivity contribution in [3.05, 3.63) is 35.1 Å². The lowest BCUT2D eigenvalue weighted by Gasteiger charge is -2.10. The van der Waals surface area contributed by atoms with E-state index in [0.717, 1.165) is 12.1 Å². The summed E-state index contributed by atoms with van der Waals surface area (Å²) in [5.74, 6) is -1.47. The van der Waals surface area contributed by atoms with Gasteiger partial charge in [0.15, 0.2) is 0 Å². The van der Waals surface area contributed by atoms with Crippen LogP contribution in [0.1, 0.15) is 11.1 Å². The predicted molar refractivity (Wildman–Crippen MR) is 39.8 cm³/mol. The number of rotatable bonds is 1. The molecule has 1 aromatic rings. The molecule has 0 N–H and O–H groups in total. The molecule has 0 unspecified atom stereocenters. The second-order valence-electron chi connectivity index (χ2n) is 2.31. The number of alkyl halides is 4. The summed E-state index contributed by atoms with van der Waals surface area (Å²) < 4.78 is 49.3. The number of hydrogen-bond acceptors (Lipinski definition) is 0. The van der Waals surface area contributed by atoms with E-state index in [1.807, 2.05) is 6.07 Å². The van der Waals surface area contributed by atoms with Crippen LogP contribution in [0.2, 0.25) is 0 Å². The molecule has 0 heterocycles. The second-order valence-corrected chi connectivity index (χ2v) is 2.58. The lowest BCUT2D eigenvalue weighted by atomic mass is 10.1. The molecule has 13 heavy (non-hydrogen) atoms. The van der Waals surface area contributed by atoms with Crippen molar-refractivity contribution in [1.82, 2.24) is 0 Å². The maximum Gasteiger partial charge on any atom is 0.417 e. The molecule has 0 amide bonds. The standard InChI is InChI=1S/C8H4ClF4/c9-4-5-6(8(11,12)13)2-1-3-7(5)10/h1,3H,4H2. The Morgan fingerprint density at radius 2 is 2.00 bits per heavy atom. The normalized spacial score (nSPS) is 11.8. The molecule has 0 atom stereocenters. The fourth-order valence-electron chi connectivity index (χ4n) is 0.889. The van der Waals surface area contributed by atoms with Crippen LogP contribution in [-0.2, 0) is 12.1 Å². The first-order chi connectivity index (χ1) is 5.96. The fraction of sp³-hybridized carbons (Fsp3) is 0.250. The third-order valence-corrected chi connectivity index (χ3v) is 1.73. The van der Waals surface area contributed by atoms with Gasteiger partial charge in [-0.1, -0.05) is 6.07 Å². The van der Waals surface area contributed by atoms with Crippen molar-refractivity contribution in [1.29, 1.82) is 0 Å². The molecule has 5 heteroatoms. The van der Waals surface area contributed by atoms with Crippen LogP contribution in [0.5, 0.6) is 0 Å². The predicted octanol–water partition coefficient (Wildman–Crippen LogP) is 3.38. The highest BCUT2D eigenvalue weighted by molar-refractivity contribution is 6.17. The quantitative estimate of drug-likeness (QED) is 0.493. The van der Waals surface area contributed by atoms with E-state index in [2.05, 4.69) is 0 Å². The van der Waals surface area contributed by atoms with Gasteiger partial charge in [0.05, 0.1) is 11.4 Å². The van der Waals surface area contributed by atoms with Crippen molar-refractivity contribution in [2.75, 3.05) is 0 Å².